The van der Waals surface area contributed by atoms with Crippen LogP contribution < -0.4 is 5.32 Å². The fourth-order valence-corrected chi connectivity index (χ4v) is 2.46. The maximum absolute atomic E-state index is 10.9. The van der Waals surface area contributed by atoms with E-state index in [9.17, 15) is 10.1 Å². The topological polar surface area (TPSA) is 68.1 Å². The molecule has 0 fully saturated rings. The Morgan fingerprint density at radius 2 is 2.33 bits per heavy atom. The van der Waals surface area contributed by atoms with E-state index in [0.717, 1.165) is 11.1 Å². The molecule has 0 bridgehead atoms. The molecule has 0 aliphatic rings. The maximum Gasteiger partial charge on any atom is 0.312 e. The molecule has 0 radical (unpaired) electrons. The van der Waals surface area contributed by atoms with Crippen LogP contribution in [0.15, 0.2) is 23.0 Å². The van der Waals surface area contributed by atoms with Crippen LogP contribution in [-0.4, -0.2) is 9.91 Å². The fraction of sp³-hybridized carbons (Fsp3) is 0.182. The predicted molar refractivity (Wildman–Crippen MR) is 72.3 cm³/mol. The normalized spacial score (nSPS) is 10.3. The molecule has 0 aliphatic carbocycles. The third kappa shape index (κ3) is 2.77. The SMILES string of the molecule is Cc1cscc1CNc1ncc(Cl)cc1[N+](=O)[O-]. The molecule has 94 valence electrons. The molecule has 5 nitrogen and oxygen atoms in total. The molecule has 7 heteroatoms. The van der Waals surface area contributed by atoms with Gasteiger partial charge in [0.25, 0.3) is 0 Å². The van der Waals surface area contributed by atoms with Gasteiger partial charge in [0.05, 0.1) is 9.95 Å². The number of pyridine rings is 1. The highest BCUT2D eigenvalue weighted by Gasteiger charge is 2.15. The summed E-state index contributed by atoms with van der Waals surface area (Å²) in [6.45, 7) is 2.50. The summed E-state index contributed by atoms with van der Waals surface area (Å²) in [6.07, 6.45) is 1.39. The summed E-state index contributed by atoms with van der Waals surface area (Å²) in [5.41, 5.74) is 2.14. The monoisotopic (exact) mass is 283 g/mol. The number of aromatic nitrogens is 1. The number of hydrogen-bond donors (Lipinski definition) is 1. The van der Waals surface area contributed by atoms with Crippen molar-refractivity contribution in [3.05, 3.63) is 49.3 Å². The molecule has 0 amide bonds. The van der Waals surface area contributed by atoms with Crippen LogP contribution in [-0.2, 0) is 6.54 Å². The van der Waals surface area contributed by atoms with Crippen molar-refractivity contribution in [3.8, 4) is 0 Å². The van der Waals surface area contributed by atoms with Crippen LogP contribution in [0.2, 0.25) is 5.02 Å². The molecule has 0 saturated carbocycles. The van der Waals surface area contributed by atoms with Gasteiger partial charge in [-0.05, 0) is 28.8 Å². The summed E-state index contributed by atoms with van der Waals surface area (Å²) in [7, 11) is 0. The third-order valence-corrected chi connectivity index (χ3v) is 3.56. The van der Waals surface area contributed by atoms with Crippen molar-refractivity contribution < 1.29 is 4.92 Å². The molecular formula is C11H10ClN3O2S. The van der Waals surface area contributed by atoms with E-state index < -0.39 is 4.92 Å². The van der Waals surface area contributed by atoms with E-state index in [1.54, 1.807) is 11.3 Å². The van der Waals surface area contributed by atoms with Gasteiger partial charge in [-0.3, -0.25) is 10.1 Å². The average Bonchev–Trinajstić information content (AvgIpc) is 2.73. The molecule has 0 aliphatic heterocycles. The average molecular weight is 284 g/mol. The van der Waals surface area contributed by atoms with Crippen LogP contribution in [0.5, 0.6) is 0 Å². The molecule has 1 N–H and O–H groups in total. The Hall–Kier alpha value is -1.66. The van der Waals surface area contributed by atoms with Gasteiger partial charge in [0.15, 0.2) is 0 Å². The number of rotatable bonds is 4. The molecule has 0 aromatic carbocycles. The smallest absolute Gasteiger partial charge is 0.312 e. The first-order valence-corrected chi connectivity index (χ1v) is 6.45. The summed E-state index contributed by atoms with van der Waals surface area (Å²) in [5.74, 6) is 0.231. The second kappa shape index (κ2) is 5.32. The largest absolute Gasteiger partial charge is 0.360 e. The molecule has 0 unspecified atom stereocenters. The van der Waals surface area contributed by atoms with Crippen molar-refractivity contribution in [2.75, 3.05) is 5.32 Å². The van der Waals surface area contributed by atoms with Gasteiger partial charge in [0.2, 0.25) is 5.82 Å². The highest BCUT2D eigenvalue weighted by atomic mass is 35.5. The molecule has 0 spiro atoms. The molecule has 2 aromatic heterocycles. The summed E-state index contributed by atoms with van der Waals surface area (Å²) in [4.78, 5) is 14.3. The van der Waals surface area contributed by atoms with E-state index >= 15 is 0 Å². The number of nitro groups is 1. The van der Waals surface area contributed by atoms with Crippen molar-refractivity contribution in [1.82, 2.24) is 4.98 Å². The van der Waals surface area contributed by atoms with Crippen LogP contribution in [0.25, 0.3) is 0 Å². The second-order valence-corrected chi connectivity index (χ2v) is 4.89. The molecule has 0 atom stereocenters. The van der Waals surface area contributed by atoms with Gasteiger partial charge in [-0.2, -0.15) is 11.3 Å². The molecule has 2 rings (SSSR count). The molecule has 18 heavy (non-hydrogen) atoms. The Morgan fingerprint density at radius 3 is 2.94 bits per heavy atom. The lowest BCUT2D eigenvalue weighted by atomic mass is 10.2. The number of thiophene rings is 1. The van der Waals surface area contributed by atoms with Crippen molar-refractivity contribution in [2.45, 2.75) is 13.5 Å². The van der Waals surface area contributed by atoms with Crippen LogP contribution in [0.1, 0.15) is 11.1 Å². The van der Waals surface area contributed by atoms with Crippen LogP contribution in [0.4, 0.5) is 11.5 Å². The van der Waals surface area contributed by atoms with E-state index in [0.29, 0.717) is 6.54 Å². The van der Waals surface area contributed by atoms with Crippen molar-refractivity contribution in [3.63, 3.8) is 0 Å². The lowest BCUT2D eigenvalue weighted by Crippen LogP contribution is -2.04. The van der Waals surface area contributed by atoms with Gasteiger partial charge >= 0.3 is 5.69 Å². The first-order chi connectivity index (χ1) is 8.58. The summed E-state index contributed by atoms with van der Waals surface area (Å²) in [6, 6.07) is 1.29. The second-order valence-electron chi connectivity index (χ2n) is 3.71. The Kier molecular flexibility index (Phi) is 3.78. The zero-order valence-electron chi connectivity index (χ0n) is 9.51. The van der Waals surface area contributed by atoms with Crippen LogP contribution >= 0.6 is 22.9 Å². The first kappa shape index (κ1) is 12.8. The van der Waals surface area contributed by atoms with Crippen molar-refractivity contribution >= 4 is 34.4 Å². The highest BCUT2D eigenvalue weighted by molar-refractivity contribution is 7.08. The maximum atomic E-state index is 10.9. The van der Waals surface area contributed by atoms with Gasteiger partial charge < -0.3 is 5.32 Å². The lowest BCUT2D eigenvalue weighted by Gasteiger charge is -2.06. The number of nitrogens with zero attached hydrogens (tertiary/aromatic N) is 2. The van der Waals surface area contributed by atoms with Crippen LogP contribution in [0.3, 0.4) is 0 Å². The standard InChI is InChI=1S/C11H10ClN3O2S/c1-7-5-18-6-8(7)3-13-11-10(15(16)17)2-9(12)4-14-11/h2,4-6H,3H2,1H3,(H,13,14). The summed E-state index contributed by atoms with van der Waals surface area (Å²) < 4.78 is 0. The highest BCUT2D eigenvalue weighted by Crippen LogP contribution is 2.26. The van der Waals surface area contributed by atoms with Gasteiger partial charge in [0, 0.05) is 18.8 Å². The molecule has 0 saturated heterocycles. The zero-order chi connectivity index (χ0) is 13.1. The van der Waals surface area contributed by atoms with E-state index in [4.69, 9.17) is 11.6 Å². The predicted octanol–water partition coefficient (Wildman–Crippen LogP) is 3.63. The van der Waals surface area contributed by atoms with Gasteiger partial charge in [0.1, 0.15) is 0 Å². The van der Waals surface area contributed by atoms with Crippen molar-refractivity contribution in [2.24, 2.45) is 0 Å². The Labute approximate surface area is 113 Å². The number of nitrogens with one attached hydrogen (secondary N) is 1. The van der Waals surface area contributed by atoms with Gasteiger partial charge in [-0.15, -0.1) is 0 Å². The minimum absolute atomic E-state index is 0.115. The number of hydrogen-bond acceptors (Lipinski definition) is 5. The quantitative estimate of drug-likeness (QED) is 0.687. The number of halogens is 1. The van der Waals surface area contributed by atoms with Gasteiger partial charge in [-0.1, -0.05) is 11.6 Å². The first-order valence-electron chi connectivity index (χ1n) is 5.13. The Balaban J connectivity index is 2.19. The minimum atomic E-state index is -0.498. The van der Waals surface area contributed by atoms with E-state index in [1.165, 1.54) is 12.3 Å². The number of aryl methyl sites for hydroxylation is 1. The van der Waals surface area contributed by atoms with Crippen LogP contribution in [0, 0.1) is 17.0 Å². The van der Waals surface area contributed by atoms with E-state index in [2.05, 4.69) is 10.3 Å². The molecular weight excluding hydrogens is 274 g/mol. The fourth-order valence-electron chi connectivity index (χ4n) is 1.45. The minimum Gasteiger partial charge on any atom is -0.360 e. The van der Waals surface area contributed by atoms with Crippen molar-refractivity contribution in [1.29, 1.82) is 0 Å². The lowest BCUT2D eigenvalue weighted by molar-refractivity contribution is -0.384. The summed E-state index contributed by atoms with van der Waals surface area (Å²) in [5, 5.41) is 18.1. The number of anilines is 1. The van der Waals surface area contributed by atoms with Gasteiger partial charge in [-0.25, -0.2) is 4.98 Å². The van der Waals surface area contributed by atoms with E-state index in [-0.39, 0.29) is 16.5 Å². The third-order valence-electron chi connectivity index (χ3n) is 2.44. The Morgan fingerprint density at radius 1 is 1.56 bits per heavy atom. The zero-order valence-corrected chi connectivity index (χ0v) is 11.1. The Bertz CT molecular complexity index is 585. The van der Waals surface area contributed by atoms with E-state index in [1.807, 2.05) is 17.7 Å². The molecule has 2 heterocycles. The molecule has 2 aromatic rings. The summed E-state index contributed by atoms with van der Waals surface area (Å²) >= 11 is 7.29.